The molecule has 16 aromatic carbocycles. The van der Waals surface area contributed by atoms with Gasteiger partial charge in [0.2, 0.25) is 0 Å². The topological polar surface area (TPSA) is 77.3 Å². The fraction of sp³-hybridized carbons (Fsp3) is 0. The highest BCUT2D eigenvalue weighted by atomic mass is 15.0. The molecule has 0 aliphatic heterocycles. The van der Waals surface area contributed by atoms with E-state index in [2.05, 4.69) is 261 Å². The van der Waals surface area contributed by atoms with E-state index in [-0.39, 0.29) is 0 Å². The second kappa shape index (κ2) is 21.7. The number of benzene rings is 16. The first kappa shape index (κ1) is 52.7. The van der Waals surface area contributed by atoms with Crippen LogP contribution in [0, 0.1) is 0 Å². The van der Waals surface area contributed by atoms with Gasteiger partial charge >= 0.3 is 0 Å². The standard InChI is InChI=1S/C86H52N6/c1-4-22-53(23-5-1)81-87-82(54-24-6-2-7-25-54)90-85(89-81)77-39-19-11-31-63(77)59-43-46-71-66-33-13-15-36-69(66)75-49-48-70-61(40-21-41-73(70)80(75)78(71)52-59)56-28-20-29-60(51-56)84-88-83(55-26-8-3-9-27-55)91-86(92-84)76-38-18-10-30-62(76)57-42-45-64-58(50-57)44-47-74-68-35-14-12-32-65(68)67-34-16-17-37-72(67)79(64)74/h1-52H. The molecule has 426 valence electrons. The number of hydrogen-bond acceptors (Lipinski definition) is 6. The van der Waals surface area contributed by atoms with Crippen LogP contribution in [0.1, 0.15) is 0 Å². The van der Waals surface area contributed by atoms with Crippen molar-refractivity contribution in [2.45, 2.75) is 0 Å². The van der Waals surface area contributed by atoms with Crippen molar-refractivity contribution >= 4 is 86.2 Å². The van der Waals surface area contributed by atoms with E-state index in [1.54, 1.807) is 0 Å². The minimum atomic E-state index is 0.593. The number of nitrogens with zero attached hydrogens (tertiary/aromatic N) is 6. The molecule has 0 spiro atoms. The lowest BCUT2D eigenvalue weighted by Gasteiger charge is -2.17. The third kappa shape index (κ3) is 8.87. The van der Waals surface area contributed by atoms with Gasteiger partial charge in [0.25, 0.3) is 0 Å². The van der Waals surface area contributed by atoms with Crippen LogP contribution < -0.4 is 0 Å². The maximum Gasteiger partial charge on any atom is 0.164 e. The van der Waals surface area contributed by atoms with Crippen molar-refractivity contribution in [3.8, 4) is 102 Å². The van der Waals surface area contributed by atoms with Crippen molar-refractivity contribution in [2.24, 2.45) is 0 Å². The molecule has 0 atom stereocenters. The Morgan fingerprint density at radius 2 is 0.446 bits per heavy atom. The molecule has 0 unspecified atom stereocenters. The zero-order valence-electron chi connectivity index (χ0n) is 49.7. The highest BCUT2D eigenvalue weighted by Gasteiger charge is 2.22. The van der Waals surface area contributed by atoms with Gasteiger partial charge in [0.05, 0.1) is 0 Å². The lowest BCUT2D eigenvalue weighted by molar-refractivity contribution is 1.07. The van der Waals surface area contributed by atoms with Crippen molar-refractivity contribution < 1.29 is 0 Å². The van der Waals surface area contributed by atoms with Crippen molar-refractivity contribution in [1.29, 1.82) is 0 Å². The van der Waals surface area contributed by atoms with Gasteiger partial charge in [-0.15, -0.1) is 0 Å². The molecule has 2 aromatic heterocycles. The van der Waals surface area contributed by atoms with Crippen LogP contribution in [0.4, 0.5) is 0 Å². The minimum Gasteiger partial charge on any atom is -0.208 e. The van der Waals surface area contributed by atoms with Gasteiger partial charge in [0.1, 0.15) is 0 Å². The van der Waals surface area contributed by atoms with E-state index in [0.29, 0.717) is 34.9 Å². The van der Waals surface area contributed by atoms with Gasteiger partial charge in [-0.1, -0.05) is 297 Å². The van der Waals surface area contributed by atoms with Crippen molar-refractivity contribution in [3.63, 3.8) is 0 Å². The molecule has 2 heterocycles. The van der Waals surface area contributed by atoms with Crippen molar-refractivity contribution in [3.05, 3.63) is 315 Å². The highest BCUT2D eigenvalue weighted by Crippen LogP contribution is 2.46. The molecule has 6 heteroatoms. The van der Waals surface area contributed by atoms with E-state index in [0.717, 1.165) is 72.1 Å². The number of hydrogen-bond donors (Lipinski definition) is 0. The molecule has 0 radical (unpaired) electrons. The molecule has 0 saturated carbocycles. The summed E-state index contributed by atoms with van der Waals surface area (Å²) in [7, 11) is 0. The van der Waals surface area contributed by atoms with Crippen LogP contribution in [-0.2, 0) is 0 Å². The molecule has 0 amide bonds. The molecule has 92 heavy (non-hydrogen) atoms. The van der Waals surface area contributed by atoms with E-state index in [1.807, 2.05) is 54.6 Å². The first-order valence-corrected chi connectivity index (χ1v) is 31.2. The minimum absolute atomic E-state index is 0.593. The van der Waals surface area contributed by atoms with Crippen molar-refractivity contribution in [2.75, 3.05) is 0 Å². The summed E-state index contributed by atoms with van der Waals surface area (Å²) in [5.74, 6) is 3.66. The molecular formula is C86H52N6. The Kier molecular flexibility index (Phi) is 12.5. The van der Waals surface area contributed by atoms with Gasteiger partial charge < -0.3 is 0 Å². The Hall–Kier alpha value is -12.4. The Bertz CT molecular complexity index is 5910. The summed E-state index contributed by atoms with van der Waals surface area (Å²) < 4.78 is 0. The monoisotopic (exact) mass is 1170 g/mol. The van der Waals surface area contributed by atoms with E-state index < -0.39 is 0 Å². The largest absolute Gasteiger partial charge is 0.208 e. The maximum atomic E-state index is 5.41. The van der Waals surface area contributed by atoms with E-state index in [1.165, 1.54) is 80.8 Å². The Labute approximate surface area is 530 Å². The van der Waals surface area contributed by atoms with E-state index >= 15 is 0 Å². The van der Waals surface area contributed by atoms with Crippen LogP contribution in [-0.4, -0.2) is 29.9 Å². The van der Waals surface area contributed by atoms with Gasteiger partial charge in [0, 0.05) is 33.4 Å². The van der Waals surface area contributed by atoms with Gasteiger partial charge in [-0.3, -0.25) is 0 Å². The molecule has 0 bridgehead atoms. The fourth-order valence-electron chi connectivity index (χ4n) is 14.1. The molecule has 18 rings (SSSR count). The van der Waals surface area contributed by atoms with Gasteiger partial charge in [-0.2, -0.15) is 0 Å². The predicted octanol–water partition coefficient (Wildman–Crippen LogP) is 22.3. The van der Waals surface area contributed by atoms with Crippen LogP contribution in [0.2, 0.25) is 0 Å². The summed E-state index contributed by atoms with van der Waals surface area (Å²) >= 11 is 0. The van der Waals surface area contributed by atoms with Gasteiger partial charge in [-0.25, -0.2) is 29.9 Å². The van der Waals surface area contributed by atoms with Gasteiger partial charge in [-0.05, 0) is 138 Å². The first-order valence-electron chi connectivity index (χ1n) is 31.2. The van der Waals surface area contributed by atoms with Crippen molar-refractivity contribution in [1.82, 2.24) is 29.9 Å². The Morgan fingerprint density at radius 1 is 0.141 bits per heavy atom. The molecular weight excluding hydrogens is 1120 g/mol. The lowest BCUT2D eigenvalue weighted by Crippen LogP contribution is -2.01. The van der Waals surface area contributed by atoms with Crippen LogP contribution >= 0.6 is 0 Å². The number of aromatic nitrogens is 6. The highest BCUT2D eigenvalue weighted by molar-refractivity contribution is 6.33. The molecule has 18 aromatic rings. The van der Waals surface area contributed by atoms with Crippen LogP contribution in [0.25, 0.3) is 188 Å². The fourth-order valence-corrected chi connectivity index (χ4v) is 14.1. The van der Waals surface area contributed by atoms with E-state index in [9.17, 15) is 0 Å². The summed E-state index contributed by atoms with van der Waals surface area (Å²) in [6.45, 7) is 0. The summed E-state index contributed by atoms with van der Waals surface area (Å²) in [6, 6.07) is 112. The lowest BCUT2D eigenvalue weighted by atomic mass is 9.87. The third-order valence-corrected chi connectivity index (χ3v) is 18.3. The number of fused-ring (bicyclic) bond motifs is 16. The molecule has 0 aliphatic rings. The van der Waals surface area contributed by atoms with Crippen LogP contribution in [0.3, 0.4) is 0 Å². The molecule has 0 N–H and O–H groups in total. The first-order chi connectivity index (χ1) is 45.6. The average molecular weight is 1170 g/mol. The second-order valence-electron chi connectivity index (χ2n) is 23.6. The Balaban J connectivity index is 0.767. The smallest absolute Gasteiger partial charge is 0.164 e. The average Bonchev–Trinajstić information content (AvgIpc) is 0.738. The summed E-state index contributed by atoms with van der Waals surface area (Å²) in [5, 5.41) is 19.5. The molecule has 6 nitrogen and oxygen atoms in total. The normalized spacial score (nSPS) is 11.7. The zero-order chi connectivity index (χ0) is 60.6. The zero-order valence-corrected chi connectivity index (χ0v) is 49.7. The molecule has 0 fully saturated rings. The summed E-state index contributed by atoms with van der Waals surface area (Å²) in [4.78, 5) is 31.4. The summed E-state index contributed by atoms with van der Waals surface area (Å²) in [5.41, 5.74) is 11.9. The van der Waals surface area contributed by atoms with Crippen LogP contribution in [0.5, 0.6) is 0 Å². The molecule has 0 saturated heterocycles. The predicted molar refractivity (Wildman–Crippen MR) is 382 cm³/mol. The SMILES string of the molecule is c1ccc(-c2nc(-c3cccc(-c4cccc5c4ccc4c6ccccc6c6ccc(-c7ccccc7-c7nc(-c8ccccc8)nc(-c8ccccc8)n7)cc6c54)c3)nc(-c3ccccc3-c3ccc4c(ccc5c6ccccc6c6ccccc6c45)c3)n2)cc1. The number of rotatable bonds is 9. The second-order valence-corrected chi connectivity index (χ2v) is 23.6. The van der Waals surface area contributed by atoms with Crippen LogP contribution in [0.15, 0.2) is 315 Å². The van der Waals surface area contributed by atoms with E-state index in [4.69, 9.17) is 29.9 Å². The quantitative estimate of drug-likeness (QED) is 0.134. The Morgan fingerprint density at radius 3 is 0.989 bits per heavy atom. The van der Waals surface area contributed by atoms with Gasteiger partial charge in [0.15, 0.2) is 34.9 Å². The maximum absolute atomic E-state index is 5.41. The molecule has 0 aliphatic carbocycles. The summed E-state index contributed by atoms with van der Waals surface area (Å²) in [6.07, 6.45) is 0. The third-order valence-electron chi connectivity index (χ3n) is 18.3.